The number of nitro benzene ring substituents is 1. The van der Waals surface area contributed by atoms with Gasteiger partial charge in [0, 0.05) is 5.57 Å². The largest absolute Gasteiger partial charge is 0.493 e. The molecular weight excluding hydrogens is 290 g/mol. The van der Waals surface area contributed by atoms with Crippen molar-refractivity contribution < 1.29 is 24.3 Å². The Bertz CT molecular complexity index is 596. The molecule has 0 bridgehead atoms. The second-order valence-electron chi connectivity index (χ2n) is 3.75. The van der Waals surface area contributed by atoms with Gasteiger partial charge in [0.15, 0.2) is 11.5 Å². The SMILES string of the molecule is COc1cc([N+](=O)[O-])c(/C=C(\C)C(=O)O)c(Cl)c1OC. The van der Waals surface area contributed by atoms with Gasteiger partial charge in [0.05, 0.1) is 30.8 Å². The maximum atomic E-state index is 11.1. The average Bonchev–Trinajstić information content (AvgIpc) is 2.39. The van der Waals surface area contributed by atoms with Crippen molar-refractivity contribution in [2.75, 3.05) is 14.2 Å². The van der Waals surface area contributed by atoms with Gasteiger partial charge in [-0.3, -0.25) is 10.1 Å². The monoisotopic (exact) mass is 301 g/mol. The molecule has 0 radical (unpaired) electrons. The number of benzene rings is 1. The fourth-order valence-corrected chi connectivity index (χ4v) is 1.84. The number of methoxy groups -OCH3 is 2. The molecule has 0 spiro atoms. The first-order valence-corrected chi connectivity index (χ1v) is 5.71. The lowest BCUT2D eigenvalue weighted by molar-refractivity contribution is -0.385. The first-order valence-electron chi connectivity index (χ1n) is 5.33. The third-order valence-electron chi connectivity index (χ3n) is 2.52. The van der Waals surface area contributed by atoms with Gasteiger partial charge >= 0.3 is 5.97 Å². The second-order valence-corrected chi connectivity index (χ2v) is 4.13. The van der Waals surface area contributed by atoms with Crippen molar-refractivity contribution in [3.8, 4) is 11.5 Å². The summed E-state index contributed by atoms with van der Waals surface area (Å²) in [5.41, 5.74) is -0.510. The molecule has 1 aromatic carbocycles. The van der Waals surface area contributed by atoms with E-state index in [1.54, 1.807) is 0 Å². The summed E-state index contributed by atoms with van der Waals surface area (Å²) in [7, 11) is 2.64. The van der Waals surface area contributed by atoms with Crippen LogP contribution in [0.4, 0.5) is 5.69 Å². The Labute approximate surface area is 119 Å². The molecule has 7 nitrogen and oxygen atoms in total. The number of hydrogen-bond acceptors (Lipinski definition) is 5. The Morgan fingerprint density at radius 2 is 2.05 bits per heavy atom. The van der Waals surface area contributed by atoms with Crippen molar-refractivity contribution in [1.29, 1.82) is 0 Å². The number of hydrogen-bond donors (Lipinski definition) is 1. The molecule has 1 aromatic rings. The highest BCUT2D eigenvalue weighted by molar-refractivity contribution is 6.34. The summed E-state index contributed by atoms with van der Waals surface area (Å²) in [4.78, 5) is 21.2. The maximum Gasteiger partial charge on any atom is 0.331 e. The minimum atomic E-state index is -1.20. The summed E-state index contributed by atoms with van der Waals surface area (Å²) in [5, 5.41) is 19.8. The second kappa shape index (κ2) is 6.25. The number of halogens is 1. The normalized spacial score (nSPS) is 11.1. The lowest BCUT2D eigenvalue weighted by atomic mass is 10.1. The van der Waals surface area contributed by atoms with E-state index in [0.717, 1.165) is 12.1 Å². The quantitative estimate of drug-likeness (QED) is 0.510. The third kappa shape index (κ3) is 3.00. The Kier molecular flexibility index (Phi) is 4.93. The molecule has 0 unspecified atom stereocenters. The first kappa shape index (κ1) is 15.8. The fraction of sp³-hybridized carbons (Fsp3) is 0.250. The molecule has 1 N–H and O–H groups in total. The average molecular weight is 302 g/mol. The minimum Gasteiger partial charge on any atom is -0.493 e. The van der Waals surface area contributed by atoms with Crippen LogP contribution >= 0.6 is 11.6 Å². The third-order valence-corrected chi connectivity index (χ3v) is 2.90. The lowest BCUT2D eigenvalue weighted by Gasteiger charge is -2.12. The van der Waals surface area contributed by atoms with Gasteiger partial charge in [-0.1, -0.05) is 11.6 Å². The van der Waals surface area contributed by atoms with Crippen LogP contribution in [0.5, 0.6) is 11.5 Å². The molecule has 0 saturated carbocycles. The molecule has 0 atom stereocenters. The minimum absolute atomic E-state index is 0.0470. The van der Waals surface area contributed by atoms with Gasteiger partial charge in [-0.05, 0) is 13.0 Å². The van der Waals surface area contributed by atoms with Gasteiger partial charge in [0.1, 0.15) is 5.02 Å². The van der Waals surface area contributed by atoms with Crippen molar-refractivity contribution in [3.05, 3.63) is 32.3 Å². The Balaban J connectivity index is 3.67. The molecule has 0 aliphatic heterocycles. The van der Waals surface area contributed by atoms with Crippen molar-refractivity contribution in [2.24, 2.45) is 0 Å². The molecule has 0 aromatic heterocycles. The highest BCUT2D eigenvalue weighted by Crippen LogP contribution is 2.43. The number of aliphatic carboxylic acids is 1. The number of nitro groups is 1. The fourth-order valence-electron chi connectivity index (χ4n) is 1.52. The van der Waals surface area contributed by atoms with Crippen LogP contribution in [0, 0.1) is 10.1 Å². The molecule has 0 aliphatic rings. The van der Waals surface area contributed by atoms with Crippen LogP contribution in [-0.2, 0) is 4.79 Å². The van der Waals surface area contributed by atoms with Crippen LogP contribution < -0.4 is 9.47 Å². The van der Waals surface area contributed by atoms with Crippen molar-refractivity contribution in [1.82, 2.24) is 0 Å². The summed E-state index contributed by atoms with van der Waals surface area (Å²) < 4.78 is 9.99. The standard InChI is InChI=1S/C12H12ClNO6/c1-6(12(15)16)4-7-8(14(17)18)5-9(19-2)11(20-3)10(7)13/h4-5H,1-3H3,(H,15,16)/b6-4+. The predicted octanol–water partition coefficient (Wildman–Crippen LogP) is 2.75. The highest BCUT2D eigenvalue weighted by atomic mass is 35.5. The van der Waals surface area contributed by atoms with E-state index in [0.29, 0.717) is 0 Å². The van der Waals surface area contributed by atoms with Crippen LogP contribution in [0.1, 0.15) is 12.5 Å². The molecule has 0 heterocycles. The summed E-state index contributed by atoms with van der Waals surface area (Å²) >= 11 is 6.04. The highest BCUT2D eigenvalue weighted by Gasteiger charge is 2.24. The number of nitrogens with zero attached hydrogens (tertiary/aromatic N) is 1. The van der Waals surface area contributed by atoms with Gasteiger partial charge in [0.25, 0.3) is 5.69 Å². The Morgan fingerprint density at radius 1 is 1.45 bits per heavy atom. The Hall–Kier alpha value is -2.28. The molecule has 1 rings (SSSR count). The Morgan fingerprint density at radius 3 is 2.45 bits per heavy atom. The summed E-state index contributed by atoms with van der Waals surface area (Å²) in [6.45, 7) is 1.30. The van der Waals surface area contributed by atoms with Crippen LogP contribution in [0.2, 0.25) is 5.02 Å². The molecule has 20 heavy (non-hydrogen) atoms. The van der Waals surface area contributed by atoms with Crippen molar-refractivity contribution in [3.63, 3.8) is 0 Å². The molecule has 0 saturated heterocycles. The van der Waals surface area contributed by atoms with E-state index >= 15 is 0 Å². The van der Waals surface area contributed by atoms with Gasteiger partial charge in [-0.15, -0.1) is 0 Å². The predicted molar refractivity (Wildman–Crippen MR) is 72.5 cm³/mol. The van der Waals surface area contributed by atoms with Crippen LogP contribution in [0.25, 0.3) is 6.08 Å². The van der Waals surface area contributed by atoms with E-state index in [-0.39, 0.29) is 33.3 Å². The van der Waals surface area contributed by atoms with Crippen molar-refractivity contribution in [2.45, 2.75) is 6.92 Å². The molecule has 0 fully saturated rings. The molecule has 8 heteroatoms. The first-order chi connectivity index (χ1) is 9.33. The maximum absolute atomic E-state index is 11.1. The number of carboxylic acids is 1. The summed E-state index contributed by atoms with van der Waals surface area (Å²) in [6, 6.07) is 1.13. The number of ether oxygens (including phenoxy) is 2. The number of carbonyl (C=O) groups is 1. The van der Waals surface area contributed by atoms with E-state index in [1.807, 2.05) is 0 Å². The number of rotatable bonds is 5. The van der Waals surface area contributed by atoms with E-state index in [2.05, 4.69) is 0 Å². The van der Waals surface area contributed by atoms with E-state index in [4.69, 9.17) is 26.2 Å². The zero-order valence-corrected chi connectivity index (χ0v) is 11.7. The summed E-state index contributed by atoms with van der Waals surface area (Å²) in [6.07, 6.45) is 1.12. The van der Waals surface area contributed by atoms with Gasteiger partial charge < -0.3 is 14.6 Å². The van der Waals surface area contributed by atoms with Gasteiger partial charge in [-0.25, -0.2) is 4.79 Å². The zero-order valence-electron chi connectivity index (χ0n) is 11.0. The lowest BCUT2D eigenvalue weighted by Crippen LogP contribution is -2.00. The topological polar surface area (TPSA) is 98.9 Å². The summed E-state index contributed by atoms with van der Waals surface area (Å²) in [5.74, 6) is -1.01. The van der Waals surface area contributed by atoms with Gasteiger partial charge in [0.2, 0.25) is 0 Å². The zero-order chi connectivity index (χ0) is 15.4. The smallest absolute Gasteiger partial charge is 0.331 e. The molecule has 108 valence electrons. The van der Waals surface area contributed by atoms with E-state index in [1.165, 1.54) is 21.1 Å². The van der Waals surface area contributed by atoms with Gasteiger partial charge in [-0.2, -0.15) is 0 Å². The van der Waals surface area contributed by atoms with E-state index < -0.39 is 10.9 Å². The number of carboxylic acid groups (broad SMARTS) is 1. The van der Waals surface area contributed by atoms with E-state index in [9.17, 15) is 14.9 Å². The van der Waals surface area contributed by atoms with Crippen LogP contribution in [0.15, 0.2) is 11.6 Å². The van der Waals surface area contributed by atoms with Crippen molar-refractivity contribution >= 4 is 29.3 Å². The van der Waals surface area contributed by atoms with Crippen LogP contribution in [0.3, 0.4) is 0 Å². The molecular formula is C12H12ClNO6. The van der Waals surface area contributed by atoms with Crippen LogP contribution in [-0.4, -0.2) is 30.2 Å². The molecule has 0 aliphatic carbocycles. The molecule has 0 amide bonds.